The summed E-state index contributed by atoms with van der Waals surface area (Å²) in [5.74, 6) is 1.53. The number of carbonyl (C=O) groups excluding carboxylic acids is 2. The Morgan fingerprint density at radius 3 is 2.17 bits per heavy atom. The Labute approximate surface area is 136 Å². The number of amides is 2. The molecule has 1 aromatic rings. The number of piperazine rings is 1. The Balaban J connectivity index is 1.62. The first-order chi connectivity index (χ1) is 11.0. The van der Waals surface area contributed by atoms with Crippen LogP contribution in [0.15, 0.2) is 4.42 Å². The van der Waals surface area contributed by atoms with E-state index in [1.54, 1.807) is 0 Å². The molecule has 2 fully saturated rings. The minimum atomic E-state index is -0.279. The van der Waals surface area contributed by atoms with Gasteiger partial charge in [0.25, 0.3) is 11.8 Å². The molecule has 0 aromatic carbocycles. The maximum atomic E-state index is 12.7. The van der Waals surface area contributed by atoms with Crippen molar-refractivity contribution in [2.75, 3.05) is 32.8 Å². The van der Waals surface area contributed by atoms with E-state index in [9.17, 15) is 9.59 Å². The SMILES string of the molecule is Cc1oc(C)c(C(=O)N2CCN(C(=O)C3CCCO3)CC2)c1C. The van der Waals surface area contributed by atoms with Gasteiger partial charge >= 0.3 is 0 Å². The Kier molecular flexibility index (Phi) is 4.43. The molecule has 0 spiro atoms. The van der Waals surface area contributed by atoms with Crippen LogP contribution in [-0.4, -0.2) is 60.5 Å². The van der Waals surface area contributed by atoms with Crippen LogP contribution in [0, 0.1) is 20.8 Å². The topological polar surface area (TPSA) is 63.0 Å². The summed E-state index contributed by atoms with van der Waals surface area (Å²) in [4.78, 5) is 28.7. The summed E-state index contributed by atoms with van der Waals surface area (Å²) in [6, 6.07) is 0. The molecule has 6 heteroatoms. The highest BCUT2D eigenvalue weighted by molar-refractivity contribution is 5.97. The van der Waals surface area contributed by atoms with E-state index in [4.69, 9.17) is 9.15 Å². The van der Waals surface area contributed by atoms with E-state index in [1.165, 1.54) is 0 Å². The summed E-state index contributed by atoms with van der Waals surface area (Å²) in [5.41, 5.74) is 1.58. The number of hydrogen-bond donors (Lipinski definition) is 0. The molecule has 1 aromatic heterocycles. The fourth-order valence-corrected chi connectivity index (χ4v) is 3.37. The lowest BCUT2D eigenvalue weighted by Crippen LogP contribution is -2.52. The summed E-state index contributed by atoms with van der Waals surface area (Å²) in [6.45, 7) is 8.53. The van der Waals surface area contributed by atoms with Crippen molar-refractivity contribution >= 4 is 11.8 Å². The van der Waals surface area contributed by atoms with E-state index < -0.39 is 0 Å². The molecule has 126 valence electrons. The van der Waals surface area contributed by atoms with Crippen molar-refractivity contribution in [3.8, 4) is 0 Å². The lowest BCUT2D eigenvalue weighted by atomic mass is 10.1. The lowest BCUT2D eigenvalue weighted by Gasteiger charge is -2.35. The molecule has 0 saturated carbocycles. The van der Waals surface area contributed by atoms with Crippen molar-refractivity contribution in [1.29, 1.82) is 0 Å². The quantitative estimate of drug-likeness (QED) is 0.831. The first-order valence-electron chi connectivity index (χ1n) is 8.25. The van der Waals surface area contributed by atoms with Crippen LogP contribution in [0.5, 0.6) is 0 Å². The van der Waals surface area contributed by atoms with Crippen molar-refractivity contribution < 1.29 is 18.7 Å². The van der Waals surface area contributed by atoms with Gasteiger partial charge in [0, 0.05) is 38.3 Å². The number of carbonyl (C=O) groups is 2. The monoisotopic (exact) mass is 320 g/mol. The van der Waals surface area contributed by atoms with Crippen LogP contribution in [0.25, 0.3) is 0 Å². The van der Waals surface area contributed by atoms with Crippen LogP contribution in [0.3, 0.4) is 0 Å². The number of ether oxygens (including phenoxy) is 1. The van der Waals surface area contributed by atoms with Crippen LogP contribution < -0.4 is 0 Å². The molecule has 0 N–H and O–H groups in total. The van der Waals surface area contributed by atoms with Crippen LogP contribution in [0.1, 0.15) is 40.3 Å². The summed E-state index contributed by atoms with van der Waals surface area (Å²) in [6.07, 6.45) is 1.48. The number of furan rings is 1. The van der Waals surface area contributed by atoms with Crippen LogP contribution in [0.2, 0.25) is 0 Å². The van der Waals surface area contributed by atoms with Gasteiger partial charge in [-0.25, -0.2) is 0 Å². The largest absolute Gasteiger partial charge is 0.466 e. The third kappa shape index (κ3) is 3.00. The highest BCUT2D eigenvalue weighted by Gasteiger charge is 2.32. The van der Waals surface area contributed by atoms with Gasteiger partial charge in [-0.2, -0.15) is 0 Å². The zero-order valence-corrected chi connectivity index (χ0v) is 14.1. The van der Waals surface area contributed by atoms with Gasteiger partial charge < -0.3 is 19.0 Å². The zero-order valence-electron chi connectivity index (χ0n) is 14.1. The van der Waals surface area contributed by atoms with Gasteiger partial charge in [-0.05, 0) is 33.6 Å². The lowest BCUT2D eigenvalue weighted by molar-refractivity contribution is -0.142. The maximum Gasteiger partial charge on any atom is 0.257 e. The molecule has 3 heterocycles. The minimum absolute atomic E-state index is 0.000986. The van der Waals surface area contributed by atoms with Crippen LogP contribution in [-0.2, 0) is 9.53 Å². The predicted molar refractivity (Wildman–Crippen MR) is 84.4 cm³/mol. The molecule has 2 saturated heterocycles. The van der Waals surface area contributed by atoms with Gasteiger partial charge in [-0.3, -0.25) is 9.59 Å². The normalized spacial score (nSPS) is 21.8. The molecular weight excluding hydrogens is 296 g/mol. The third-order valence-corrected chi connectivity index (χ3v) is 4.86. The summed E-state index contributed by atoms with van der Waals surface area (Å²) in [7, 11) is 0. The van der Waals surface area contributed by atoms with Gasteiger partial charge in [0.1, 0.15) is 17.6 Å². The van der Waals surface area contributed by atoms with E-state index in [2.05, 4.69) is 0 Å². The molecule has 0 aliphatic carbocycles. The van der Waals surface area contributed by atoms with E-state index in [0.29, 0.717) is 44.1 Å². The number of hydrogen-bond acceptors (Lipinski definition) is 4. The zero-order chi connectivity index (χ0) is 16.6. The van der Waals surface area contributed by atoms with Crippen LogP contribution >= 0.6 is 0 Å². The van der Waals surface area contributed by atoms with Gasteiger partial charge in [-0.15, -0.1) is 0 Å². The van der Waals surface area contributed by atoms with E-state index in [0.717, 1.165) is 24.2 Å². The third-order valence-electron chi connectivity index (χ3n) is 4.86. The Bertz CT molecular complexity index is 608. The van der Waals surface area contributed by atoms with Crippen molar-refractivity contribution in [2.24, 2.45) is 0 Å². The number of nitrogens with zero attached hydrogens (tertiary/aromatic N) is 2. The second kappa shape index (κ2) is 6.35. The number of rotatable bonds is 2. The molecule has 6 nitrogen and oxygen atoms in total. The molecule has 2 amide bonds. The summed E-state index contributed by atoms with van der Waals surface area (Å²) in [5, 5.41) is 0. The fourth-order valence-electron chi connectivity index (χ4n) is 3.37. The van der Waals surface area contributed by atoms with Gasteiger partial charge in [0.05, 0.1) is 5.56 Å². The molecule has 3 rings (SSSR count). The van der Waals surface area contributed by atoms with E-state index in [-0.39, 0.29) is 17.9 Å². The predicted octanol–water partition coefficient (Wildman–Crippen LogP) is 1.67. The molecule has 2 aliphatic rings. The standard InChI is InChI=1S/C17H24N2O4/c1-11-12(2)23-13(3)15(11)17(21)19-8-6-18(7-9-19)16(20)14-5-4-10-22-14/h14H,4-10H2,1-3H3. The minimum Gasteiger partial charge on any atom is -0.466 e. The Hall–Kier alpha value is -1.82. The van der Waals surface area contributed by atoms with Crippen molar-refractivity contribution in [1.82, 2.24) is 9.80 Å². The van der Waals surface area contributed by atoms with Gasteiger partial charge in [-0.1, -0.05) is 0 Å². The van der Waals surface area contributed by atoms with Gasteiger partial charge in [0.15, 0.2) is 0 Å². The number of aryl methyl sites for hydroxylation is 2. The molecule has 2 aliphatic heterocycles. The fraction of sp³-hybridized carbons (Fsp3) is 0.647. The molecule has 0 radical (unpaired) electrons. The molecule has 0 bridgehead atoms. The highest BCUT2D eigenvalue weighted by Crippen LogP contribution is 2.23. The molecule has 23 heavy (non-hydrogen) atoms. The average Bonchev–Trinajstić information content (AvgIpc) is 3.16. The molecule has 1 atom stereocenters. The Morgan fingerprint density at radius 2 is 1.65 bits per heavy atom. The highest BCUT2D eigenvalue weighted by atomic mass is 16.5. The summed E-state index contributed by atoms with van der Waals surface area (Å²) < 4.78 is 11.0. The molecular formula is C17H24N2O4. The second-order valence-corrected chi connectivity index (χ2v) is 6.33. The average molecular weight is 320 g/mol. The first-order valence-corrected chi connectivity index (χ1v) is 8.25. The van der Waals surface area contributed by atoms with Crippen molar-refractivity contribution in [3.63, 3.8) is 0 Å². The smallest absolute Gasteiger partial charge is 0.257 e. The van der Waals surface area contributed by atoms with E-state index in [1.807, 2.05) is 30.6 Å². The molecule has 1 unspecified atom stereocenters. The van der Waals surface area contributed by atoms with Crippen LogP contribution in [0.4, 0.5) is 0 Å². The van der Waals surface area contributed by atoms with Gasteiger partial charge in [0.2, 0.25) is 0 Å². The first kappa shape index (κ1) is 16.1. The van der Waals surface area contributed by atoms with Crippen molar-refractivity contribution in [2.45, 2.75) is 39.7 Å². The van der Waals surface area contributed by atoms with E-state index >= 15 is 0 Å². The second-order valence-electron chi connectivity index (χ2n) is 6.33. The van der Waals surface area contributed by atoms with Crippen molar-refractivity contribution in [3.05, 3.63) is 22.6 Å². The Morgan fingerprint density at radius 1 is 1.00 bits per heavy atom. The maximum absolute atomic E-state index is 12.7. The summed E-state index contributed by atoms with van der Waals surface area (Å²) >= 11 is 0.